The predicted octanol–water partition coefficient (Wildman–Crippen LogP) is 5.07. The maximum atomic E-state index is 2.26. The van der Waals surface area contributed by atoms with E-state index < -0.39 is 0 Å². The summed E-state index contributed by atoms with van der Waals surface area (Å²) in [5, 5.41) is 2.62. The Hall–Kier alpha value is -2.08. The third kappa shape index (κ3) is 2.02. The van der Waals surface area contributed by atoms with Gasteiger partial charge in [0.05, 0.1) is 0 Å². The molecular formula is C18H16. The first-order valence-corrected chi connectivity index (χ1v) is 6.39. The van der Waals surface area contributed by atoms with Gasteiger partial charge in [-0.25, -0.2) is 0 Å². The Morgan fingerprint density at radius 2 is 1.72 bits per heavy atom. The first-order valence-electron chi connectivity index (χ1n) is 6.39. The standard InChI is InChI=1S/C18H16/c1-14-6-2-3-7-16-12-11-15-8-4-5-9-17(15)18(16)13-10-14/h2-14H,1H3/b6-2+,7-3+,13-10-. The Morgan fingerprint density at radius 1 is 0.833 bits per heavy atom. The lowest BCUT2D eigenvalue weighted by molar-refractivity contribution is 0.946. The van der Waals surface area contributed by atoms with Gasteiger partial charge in [0.1, 0.15) is 0 Å². The van der Waals surface area contributed by atoms with E-state index in [-0.39, 0.29) is 0 Å². The van der Waals surface area contributed by atoms with E-state index in [0.717, 1.165) is 0 Å². The zero-order valence-corrected chi connectivity index (χ0v) is 10.5. The van der Waals surface area contributed by atoms with E-state index >= 15 is 0 Å². The first-order chi connectivity index (χ1) is 8.84. The van der Waals surface area contributed by atoms with Gasteiger partial charge in [-0.2, -0.15) is 0 Å². The second kappa shape index (κ2) is 4.66. The van der Waals surface area contributed by atoms with Gasteiger partial charge in [0, 0.05) is 0 Å². The Kier molecular flexibility index (Phi) is 2.85. The summed E-state index contributed by atoms with van der Waals surface area (Å²) < 4.78 is 0. The summed E-state index contributed by atoms with van der Waals surface area (Å²) in [4.78, 5) is 0. The lowest BCUT2D eigenvalue weighted by atomic mass is 9.97. The van der Waals surface area contributed by atoms with Crippen molar-refractivity contribution in [2.24, 2.45) is 5.92 Å². The molecule has 0 saturated heterocycles. The van der Waals surface area contributed by atoms with Gasteiger partial charge >= 0.3 is 0 Å². The fourth-order valence-corrected chi connectivity index (χ4v) is 2.35. The van der Waals surface area contributed by atoms with Crippen LogP contribution in [0.15, 0.2) is 60.7 Å². The molecule has 0 bridgehead atoms. The van der Waals surface area contributed by atoms with E-state index in [9.17, 15) is 0 Å². The lowest BCUT2D eigenvalue weighted by Crippen LogP contribution is -1.85. The molecule has 0 saturated carbocycles. The van der Waals surface area contributed by atoms with Crippen LogP contribution < -0.4 is 0 Å². The number of hydrogen-bond donors (Lipinski definition) is 0. The quantitative estimate of drug-likeness (QED) is 0.594. The number of allylic oxidation sites excluding steroid dienone is 4. The Labute approximate surface area is 108 Å². The van der Waals surface area contributed by atoms with Gasteiger partial charge in [-0.3, -0.25) is 0 Å². The molecule has 88 valence electrons. The summed E-state index contributed by atoms with van der Waals surface area (Å²) in [6.07, 6.45) is 13.1. The van der Waals surface area contributed by atoms with E-state index in [1.165, 1.54) is 21.9 Å². The molecule has 1 atom stereocenters. The maximum absolute atomic E-state index is 2.26. The number of benzene rings is 2. The average molecular weight is 232 g/mol. The van der Waals surface area contributed by atoms with Gasteiger partial charge in [0.15, 0.2) is 0 Å². The molecule has 0 heteroatoms. The molecule has 0 aliphatic heterocycles. The molecule has 0 fully saturated rings. The highest BCUT2D eigenvalue weighted by Gasteiger charge is 2.03. The molecule has 0 heterocycles. The molecule has 1 unspecified atom stereocenters. The largest absolute Gasteiger partial charge is 0.0779 e. The van der Waals surface area contributed by atoms with Gasteiger partial charge in [0.2, 0.25) is 0 Å². The van der Waals surface area contributed by atoms with Crippen molar-refractivity contribution in [2.75, 3.05) is 0 Å². The van der Waals surface area contributed by atoms with Gasteiger partial charge < -0.3 is 0 Å². The van der Waals surface area contributed by atoms with Crippen LogP contribution in [-0.2, 0) is 0 Å². The zero-order chi connectivity index (χ0) is 12.4. The SMILES string of the molecule is CC1/C=C\c2c(ccc3ccccc23)/C=C/C=C/1. The van der Waals surface area contributed by atoms with Crippen molar-refractivity contribution < 1.29 is 0 Å². The van der Waals surface area contributed by atoms with Gasteiger partial charge in [-0.05, 0) is 27.8 Å². The number of fused-ring (bicyclic) bond motifs is 3. The summed E-state index contributed by atoms with van der Waals surface area (Å²) in [7, 11) is 0. The third-order valence-corrected chi connectivity index (χ3v) is 3.37. The zero-order valence-electron chi connectivity index (χ0n) is 10.5. The second-order valence-electron chi connectivity index (χ2n) is 4.75. The molecule has 0 aromatic heterocycles. The van der Waals surface area contributed by atoms with E-state index in [2.05, 4.69) is 79.8 Å². The molecule has 3 rings (SSSR count). The molecule has 0 spiro atoms. The van der Waals surface area contributed by atoms with E-state index in [4.69, 9.17) is 0 Å². The van der Waals surface area contributed by atoms with Crippen LogP contribution in [-0.4, -0.2) is 0 Å². The molecule has 2 aromatic carbocycles. The van der Waals surface area contributed by atoms with Crippen molar-refractivity contribution in [3.8, 4) is 0 Å². The normalized spacial score (nSPS) is 23.5. The Balaban J connectivity index is 2.29. The average Bonchev–Trinajstić information content (AvgIpc) is 2.50. The predicted molar refractivity (Wildman–Crippen MR) is 80.3 cm³/mol. The van der Waals surface area contributed by atoms with E-state index in [0.29, 0.717) is 5.92 Å². The van der Waals surface area contributed by atoms with Crippen LogP contribution in [0.4, 0.5) is 0 Å². The fraction of sp³-hybridized carbons (Fsp3) is 0.111. The summed E-state index contributed by atoms with van der Waals surface area (Å²) in [5.41, 5.74) is 2.60. The molecule has 2 aromatic rings. The smallest absolute Gasteiger partial charge is 0.00754 e. The number of hydrogen-bond acceptors (Lipinski definition) is 0. The maximum Gasteiger partial charge on any atom is -0.00754 e. The van der Waals surface area contributed by atoms with Crippen molar-refractivity contribution in [1.82, 2.24) is 0 Å². The van der Waals surface area contributed by atoms with Crippen molar-refractivity contribution >= 4 is 22.9 Å². The van der Waals surface area contributed by atoms with Crippen LogP contribution >= 0.6 is 0 Å². The summed E-state index contributed by atoms with van der Waals surface area (Å²) in [6.45, 7) is 2.21. The van der Waals surface area contributed by atoms with Crippen molar-refractivity contribution in [1.29, 1.82) is 0 Å². The van der Waals surface area contributed by atoms with Crippen molar-refractivity contribution in [3.63, 3.8) is 0 Å². The monoisotopic (exact) mass is 232 g/mol. The van der Waals surface area contributed by atoms with Crippen LogP contribution in [0.25, 0.3) is 22.9 Å². The van der Waals surface area contributed by atoms with Gasteiger partial charge in [-0.1, -0.05) is 79.8 Å². The Bertz CT molecular complexity index is 657. The minimum Gasteiger partial charge on any atom is -0.0779 e. The van der Waals surface area contributed by atoms with Crippen molar-refractivity contribution in [2.45, 2.75) is 6.92 Å². The van der Waals surface area contributed by atoms with Crippen molar-refractivity contribution in [3.05, 3.63) is 71.8 Å². The molecule has 1 aliphatic rings. The summed E-state index contributed by atoms with van der Waals surface area (Å²) >= 11 is 0. The highest BCUT2D eigenvalue weighted by atomic mass is 14.1. The second-order valence-corrected chi connectivity index (χ2v) is 4.75. The molecule has 18 heavy (non-hydrogen) atoms. The van der Waals surface area contributed by atoms with Crippen LogP contribution in [0.2, 0.25) is 0 Å². The molecule has 1 aliphatic carbocycles. The molecule has 0 nitrogen and oxygen atoms in total. The van der Waals surface area contributed by atoms with E-state index in [1.54, 1.807) is 0 Å². The molecule has 0 radical (unpaired) electrons. The van der Waals surface area contributed by atoms with E-state index in [1.807, 2.05) is 0 Å². The summed E-state index contributed by atoms with van der Waals surface area (Å²) in [6, 6.07) is 13.0. The molecule has 0 N–H and O–H groups in total. The van der Waals surface area contributed by atoms with Gasteiger partial charge in [-0.15, -0.1) is 0 Å². The fourth-order valence-electron chi connectivity index (χ4n) is 2.35. The number of rotatable bonds is 0. The summed E-state index contributed by atoms with van der Waals surface area (Å²) in [5.74, 6) is 0.472. The molecule has 0 amide bonds. The van der Waals surface area contributed by atoms with Crippen LogP contribution in [0, 0.1) is 5.92 Å². The highest BCUT2D eigenvalue weighted by molar-refractivity contribution is 5.94. The Morgan fingerprint density at radius 3 is 2.67 bits per heavy atom. The molecular weight excluding hydrogens is 216 g/mol. The highest BCUT2D eigenvalue weighted by Crippen LogP contribution is 2.26. The van der Waals surface area contributed by atoms with Crippen LogP contribution in [0.3, 0.4) is 0 Å². The van der Waals surface area contributed by atoms with Crippen LogP contribution in [0.5, 0.6) is 0 Å². The minimum absolute atomic E-state index is 0.472. The topological polar surface area (TPSA) is 0 Å². The first kappa shape index (κ1) is 11.0. The lowest BCUT2D eigenvalue weighted by Gasteiger charge is -2.07. The van der Waals surface area contributed by atoms with Gasteiger partial charge in [0.25, 0.3) is 0 Å². The van der Waals surface area contributed by atoms with Crippen LogP contribution in [0.1, 0.15) is 18.1 Å². The third-order valence-electron chi connectivity index (χ3n) is 3.37. The minimum atomic E-state index is 0.472.